The van der Waals surface area contributed by atoms with Gasteiger partial charge in [0.2, 0.25) is 0 Å². The zero-order valence-electron chi connectivity index (χ0n) is 24.0. The third kappa shape index (κ3) is 4.40. The van der Waals surface area contributed by atoms with Crippen molar-refractivity contribution in [2.75, 3.05) is 37.7 Å². The van der Waals surface area contributed by atoms with E-state index >= 15 is 4.39 Å². The molecule has 0 aliphatic carbocycles. The number of hydrogen-bond acceptors (Lipinski definition) is 7. The van der Waals surface area contributed by atoms with Gasteiger partial charge in [0.15, 0.2) is 11.6 Å². The van der Waals surface area contributed by atoms with Crippen LogP contribution in [0.25, 0.3) is 32.8 Å². The first-order valence-corrected chi connectivity index (χ1v) is 15.2. The Balaban J connectivity index is 1.26. The van der Waals surface area contributed by atoms with Gasteiger partial charge in [0, 0.05) is 48.9 Å². The van der Waals surface area contributed by atoms with Gasteiger partial charge in [-0.2, -0.15) is 9.97 Å². The molecular formula is C33H34F3N5O2. The molecule has 5 heterocycles. The second-order valence-electron chi connectivity index (χ2n) is 12.8. The molecule has 4 aromatic rings. The van der Waals surface area contributed by atoms with Gasteiger partial charge >= 0.3 is 6.01 Å². The van der Waals surface area contributed by atoms with E-state index in [1.165, 1.54) is 18.2 Å². The fourth-order valence-corrected chi connectivity index (χ4v) is 8.10. The highest BCUT2D eigenvalue weighted by Gasteiger charge is 2.49. The predicted octanol–water partition coefficient (Wildman–Crippen LogP) is 5.64. The van der Waals surface area contributed by atoms with Gasteiger partial charge in [-0.05, 0) is 85.5 Å². The molecule has 3 aromatic carbocycles. The zero-order valence-corrected chi connectivity index (χ0v) is 24.0. The SMILES string of the molecule is Cc1c(-c2cc(O)cc3ccc(F)c(F)c23)ccc2c(N3CC4CCC(C3)N4)nc(OC[C@@]34CCCN3C[C@H](F)C4)nc12. The Morgan fingerprint density at radius 1 is 1.05 bits per heavy atom. The number of aromatic hydroxyl groups is 1. The number of hydrogen-bond donors (Lipinski definition) is 2. The molecule has 10 heteroatoms. The van der Waals surface area contributed by atoms with Gasteiger partial charge in [-0.3, -0.25) is 4.90 Å². The van der Waals surface area contributed by atoms with E-state index in [1.807, 2.05) is 19.1 Å². The molecule has 8 rings (SSSR count). The Morgan fingerprint density at radius 2 is 1.86 bits per heavy atom. The first kappa shape index (κ1) is 27.0. The van der Waals surface area contributed by atoms with Crippen molar-refractivity contribution in [2.45, 2.75) is 62.8 Å². The van der Waals surface area contributed by atoms with Crippen molar-refractivity contribution < 1.29 is 23.0 Å². The van der Waals surface area contributed by atoms with Gasteiger partial charge < -0.3 is 20.1 Å². The predicted molar refractivity (Wildman–Crippen MR) is 160 cm³/mol. The molecule has 4 aliphatic rings. The summed E-state index contributed by atoms with van der Waals surface area (Å²) in [5, 5.41) is 15.5. The number of alkyl halides is 1. The number of piperazine rings is 1. The van der Waals surface area contributed by atoms with Crippen molar-refractivity contribution in [3.63, 3.8) is 0 Å². The summed E-state index contributed by atoms with van der Waals surface area (Å²) in [5.74, 6) is -1.17. The molecule has 1 aromatic heterocycles. The number of anilines is 1. The van der Waals surface area contributed by atoms with E-state index in [0.717, 1.165) is 68.2 Å². The molecule has 7 nitrogen and oxygen atoms in total. The number of benzene rings is 3. The summed E-state index contributed by atoms with van der Waals surface area (Å²) in [6.45, 7) is 5.14. The van der Waals surface area contributed by atoms with Crippen LogP contribution in [0, 0.1) is 18.6 Å². The van der Waals surface area contributed by atoms with E-state index < -0.39 is 17.8 Å². The third-order valence-corrected chi connectivity index (χ3v) is 10.1. The quantitative estimate of drug-likeness (QED) is 0.312. The number of rotatable bonds is 5. The van der Waals surface area contributed by atoms with E-state index in [1.54, 1.807) is 0 Å². The third-order valence-electron chi connectivity index (χ3n) is 10.1. The van der Waals surface area contributed by atoms with Crippen LogP contribution in [0.1, 0.15) is 37.7 Å². The molecule has 0 spiro atoms. The molecule has 0 radical (unpaired) electrons. The van der Waals surface area contributed by atoms with Crippen LogP contribution in [-0.2, 0) is 0 Å². The highest BCUT2D eigenvalue weighted by molar-refractivity contribution is 6.03. The van der Waals surface area contributed by atoms with Crippen molar-refractivity contribution in [1.82, 2.24) is 20.2 Å². The molecule has 2 N–H and O–H groups in total. The average molecular weight is 590 g/mol. The summed E-state index contributed by atoms with van der Waals surface area (Å²) in [6, 6.07) is 10.2. The summed E-state index contributed by atoms with van der Waals surface area (Å²) in [6.07, 6.45) is 3.72. The highest BCUT2D eigenvalue weighted by Crippen LogP contribution is 2.42. The van der Waals surface area contributed by atoms with Crippen LogP contribution in [0.15, 0.2) is 36.4 Å². The molecule has 224 valence electrons. The van der Waals surface area contributed by atoms with Crippen LogP contribution >= 0.6 is 0 Å². The summed E-state index contributed by atoms with van der Waals surface area (Å²) < 4.78 is 50.4. The van der Waals surface area contributed by atoms with Crippen LogP contribution < -0.4 is 15.0 Å². The van der Waals surface area contributed by atoms with E-state index in [4.69, 9.17) is 14.7 Å². The Bertz CT molecular complexity index is 1760. The number of aryl methyl sites for hydroxylation is 1. The number of phenols is 1. The lowest BCUT2D eigenvalue weighted by molar-refractivity contribution is 0.107. The van der Waals surface area contributed by atoms with Crippen molar-refractivity contribution in [3.05, 3.63) is 53.6 Å². The molecule has 43 heavy (non-hydrogen) atoms. The number of aromatic nitrogens is 2. The maximum atomic E-state index is 15.2. The number of ether oxygens (including phenoxy) is 1. The zero-order chi connectivity index (χ0) is 29.5. The standard InChI is InChI=1S/C33H34F3N5O2/c1-18-24(26-12-23(42)11-19-3-8-27(35)29(36)28(19)26)6-7-25-30(18)38-32(39-31(25)40-15-21-4-5-22(16-40)37-21)43-17-33-9-2-10-41(33)14-20(34)13-33/h3,6-8,11-12,20-22,37,42H,2,4-5,9-10,13-17H2,1H3/t20-,21?,22?,33+/m1/s1. The lowest BCUT2D eigenvalue weighted by Crippen LogP contribution is -2.51. The van der Waals surface area contributed by atoms with Crippen molar-refractivity contribution in [1.29, 1.82) is 0 Å². The molecule has 4 aliphatic heterocycles. The van der Waals surface area contributed by atoms with Crippen molar-refractivity contribution in [3.8, 4) is 22.9 Å². The normalized spacial score (nSPS) is 27.0. The molecule has 2 bridgehead atoms. The smallest absolute Gasteiger partial charge is 0.319 e. The molecule has 4 atom stereocenters. The second kappa shape index (κ2) is 9.95. The Morgan fingerprint density at radius 3 is 2.67 bits per heavy atom. The first-order chi connectivity index (χ1) is 20.8. The molecule has 4 saturated heterocycles. The largest absolute Gasteiger partial charge is 0.508 e. The summed E-state index contributed by atoms with van der Waals surface area (Å²) in [7, 11) is 0. The van der Waals surface area contributed by atoms with Gasteiger partial charge in [0.25, 0.3) is 0 Å². The molecule has 4 fully saturated rings. The summed E-state index contributed by atoms with van der Waals surface area (Å²) >= 11 is 0. The van der Waals surface area contributed by atoms with Crippen LogP contribution in [0.4, 0.5) is 19.0 Å². The minimum absolute atomic E-state index is 0.0419. The topological polar surface area (TPSA) is 73.8 Å². The number of halogens is 3. The number of fused-ring (bicyclic) bond motifs is 5. The minimum atomic E-state index is -0.959. The number of phenolic OH excluding ortho intramolecular Hbond substituents is 1. The van der Waals surface area contributed by atoms with E-state index in [0.29, 0.717) is 53.7 Å². The Kier molecular flexibility index (Phi) is 6.24. The second-order valence-corrected chi connectivity index (χ2v) is 12.8. The van der Waals surface area contributed by atoms with E-state index in [9.17, 15) is 13.9 Å². The first-order valence-electron chi connectivity index (χ1n) is 15.2. The van der Waals surface area contributed by atoms with Crippen LogP contribution in [-0.4, -0.2) is 76.6 Å². The van der Waals surface area contributed by atoms with Gasteiger partial charge in [0.1, 0.15) is 24.3 Å². The Hall–Kier alpha value is -3.63. The van der Waals surface area contributed by atoms with Crippen LogP contribution in [0.5, 0.6) is 11.8 Å². The molecule has 0 saturated carbocycles. The average Bonchev–Trinajstić information content (AvgIpc) is 3.63. The van der Waals surface area contributed by atoms with Crippen molar-refractivity contribution in [2.24, 2.45) is 0 Å². The maximum Gasteiger partial charge on any atom is 0.319 e. The Labute approximate surface area is 247 Å². The van der Waals surface area contributed by atoms with Gasteiger partial charge in [-0.15, -0.1) is 0 Å². The number of nitrogens with one attached hydrogen (secondary N) is 1. The fourth-order valence-electron chi connectivity index (χ4n) is 8.10. The van der Waals surface area contributed by atoms with Gasteiger partial charge in [-0.25, -0.2) is 13.2 Å². The maximum absolute atomic E-state index is 15.2. The van der Waals surface area contributed by atoms with Crippen LogP contribution in [0.3, 0.4) is 0 Å². The summed E-state index contributed by atoms with van der Waals surface area (Å²) in [4.78, 5) is 14.3. The highest BCUT2D eigenvalue weighted by atomic mass is 19.2. The van der Waals surface area contributed by atoms with E-state index in [2.05, 4.69) is 15.1 Å². The molecule has 0 amide bonds. The van der Waals surface area contributed by atoms with Crippen LogP contribution in [0.2, 0.25) is 0 Å². The van der Waals surface area contributed by atoms with Gasteiger partial charge in [-0.1, -0.05) is 12.1 Å². The lowest BCUT2D eigenvalue weighted by Gasteiger charge is -2.35. The van der Waals surface area contributed by atoms with E-state index in [-0.39, 0.29) is 22.7 Å². The van der Waals surface area contributed by atoms with Crippen molar-refractivity contribution >= 4 is 27.5 Å². The minimum Gasteiger partial charge on any atom is -0.508 e. The molecule has 2 unspecified atom stereocenters. The van der Waals surface area contributed by atoms with Gasteiger partial charge in [0.05, 0.1) is 11.1 Å². The fraction of sp³-hybridized carbons (Fsp3) is 0.455. The molecular weight excluding hydrogens is 555 g/mol. The summed E-state index contributed by atoms with van der Waals surface area (Å²) in [5.41, 5.74) is 2.06. The monoisotopic (exact) mass is 589 g/mol. The number of nitrogens with zero attached hydrogens (tertiary/aromatic N) is 4. The lowest BCUT2D eigenvalue weighted by atomic mass is 9.92.